The van der Waals surface area contributed by atoms with Gasteiger partial charge < -0.3 is 14.9 Å². The Bertz CT molecular complexity index is 736. The Labute approximate surface area is 117 Å². The average molecular weight is 291 g/mol. The van der Waals surface area contributed by atoms with E-state index < -0.39 is 22.6 Å². The van der Waals surface area contributed by atoms with Crippen LogP contribution in [0.25, 0.3) is 0 Å². The van der Waals surface area contributed by atoms with Crippen molar-refractivity contribution in [1.29, 1.82) is 0 Å². The number of hydrogen-bond donors (Lipinski definition) is 2. The van der Waals surface area contributed by atoms with Crippen molar-refractivity contribution in [3.63, 3.8) is 0 Å². The number of benzene rings is 1. The molecule has 0 atom stereocenters. The number of anilines is 1. The number of amides is 1. The van der Waals surface area contributed by atoms with E-state index in [-0.39, 0.29) is 11.4 Å². The highest BCUT2D eigenvalue weighted by molar-refractivity contribution is 6.03. The summed E-state index contributed by atoms with van der Waals surface area (Å²) in [6, 6.07) is 5.03. The van der Waals surface area contributed by atoms with Crippen LogP contribution in [0.1, 0.15) is 26.6 Å². The first-order chi connectivity index (χ1) is 9.88. The second-order valence-corrected chi connectivity index (χ2v) is 4.09. The van der Waals surface area contributed by atoms with Gasteiger partial charge in [-0.25, -0.2) is 4.79 Å². The van der Waals surface area contributed by atoms with Crippen molar-refractivity contribution in [3.05, 3.63) is 51.4 Å². The average Bonchev–Trinajstić information content (AvgIpc) is 2.88. The van der Waals surface area contributed by atoms with Gasteiger partial charge in [-0.05, 0) is 19.1 Å². The number of hydrogen-bond acceptors (Lipinski definition) is 6. The zero-order valence-electron chi connectivity index (χ0n) is 10.7. The third-order valence-electron chi connectivity index (χ3n) is 2.60. The van der Waals surface area contributed by atoms with Crippen LogP contribution in [0.4, 0.5) is 11.4 Å². The number of rotatable bonds is 4. The molecular formula is C12H9N3O6. The number of nitrogens with one attached hydrogen (secondary N) is 1. The third-order valence-corrected chi connectivity index (χ3v) is 2.60. The van der Waals surface area contributed by atoms with Crippen molar-refractivity contribution >= 4 is 23.3 Å². The van der Waals surface area contributed by atoms with Gasteiger partial charge in [0.2, 0.25) is 5.76 Å². The molecule has 21 heavy (non-hydrogen) atoms. The molecule has 108 valence electrons. The summed E-state index contributed by atoms with van der Waals surface area (Å²) in [6.07, 6.45) is 0. The highest BCUT2D eigenvalue weighted by atomic mass is 16.6. The van der Waals surface area contributed by atoms with Crippen LogP contribution in [0.5, 0.6) is 0 Å². The molecule has 0 aliphatic rings. The normalized spacial score (nSPS) is 10.1. The number of nitro benzene ring substituents is 1. The summed E-state index contributed by atoms with van der Waals surface area (Å²) in [5.41, 5.74) is 0.429. The van der Waals surface area contributed by atoms with E-state index >= 15 is 0 Å². The maximum atomic E-state index is 11.8. The van der Waals surface area contributed by atoms with E-state index in [9.17, 15) is 19.7 Å². The minimum atomic E-state index is -1.34. The Hall–Kier alpha value is -3.23. The molecule has 2 rings (SSSR count). The van der Waals surface area contributed by atoms with Crippen LogP contribution in [0, 0.1) is 17.0 Å². The number of carbonyl (C=O) groups is 2. The number of aryl methyl sites for hydroxylation is 1. The quantitative estimate of drug-likeness (QED) is 0.647. The number of aromatic carboxylic acids is 1. The van der Waals surface area contributed by atoms with Crippen LogP contribution in [0.3, 0.4) is 0 Å². The molecule has 0 saturated carbocycles. The minimum Gasteiger partial charge on any atom is -0.475 e. The van der Waals surface area contributed by atoms with Gasteiger partial charge in [0.15, 0.2) is 5.69 Å². The number of carbonyl (C=O) groups excluding carboxylic acids is 1. The summed E-state index contributed by atoms with van der Waals surface area (Å²) in [5.74, 6) is -2.48. The molecule has 1 amide bonds. The summed E-state index contributed by atoms with van der Waals surface area (Å²) < 4.78 is 4.46. The van der Waals surface area contributed by atoms with Crippen LogP contribution in [0.2, 0.25) is 0 Å². The molecule has 0 aliphatic carbocycles. The van der Waals surface area contributed by atoms with Crippen LogP contribution in [-0.4, -0.2) is 27.1 Å². The lowest BCUT2D eigenvalue weighted by Gasteiger charge is -2.04. The Balaban J connectivity index is 2.17. The number of carboxylic acid groups (broad SMARTS) is 1. The van der Waals surface area contributed by atoms with Gasteiger partial charge in [-0.2, -0.15) is 0 Å². The molecular weight excluding hydrogens is 282 g/mol. The van der Waals surface area contributed by atoms with E-state index in [1.54, 1.807) is 0 Å². The summed E-state index contributed by atoms with van der Waals surface area (Å²) in [7, 11) is 0. The van der Waals surface area contributed by atoms with Crippen molar-refractivity contribution < 1.29 is 24.1 Å². The van der Waals surface area contributed by atoms with Crippen molar-refractivity contribution in [1.82, 2.24) is 5.16 Å². The summed E-state index contributed by atoms with van der Waals surface area (Å²) >= 11 is 0. The zero-order chi connectivity index (χ0) is 15.6. The van der Waals surface area contributed by atoms with Gasteiger partial charge in [-0.3, -0.25) is 14.9 Å². The highest BCUT2D eigenvalue weighted by Crippen LogP contribution is 2.21. The maximum Gasteiger partial charge on any atom is 0.374 e. The van der Waals surface area contributed by atoms with Gasteiger partial charge in [0.05, 0.1) is 4.92 Å². The standard InChI is InChI=1S/C12H9N3O6/c1-6-4-7(2-3-9(6)15(19)20)13-11(16)8-5-10(12(17)18)21-14-8/h2-5H,1H3,(H,13,16)(H,17,18). The molecule has 1 heterocycles. The van der Waals surface area contributed by atoms with Gasteiger partial charge in [0.25, 0.3) is 11.6 Å². The topological polar surface area (TPSA) is 136 Å². The number of nitro groups is 1. The molecule has 0 aliphatic heterocycles. The predicted octanol–water partition coefficient (Wildman–Crippen LogP) is 1.84. The van der Waals surface area contributed by atoms with Gasteiger partial charge in [0.1, 0.15) is 0 Å². The third kappa shape index (κ3) is 3.03. The van der Waals surface area contributed by atoms with Crippen LogP contribution in [-0.2, 0) is 0 Å². The number of carboxylic acids is 1. The van der Waals surface area contributed by atoms with Crippen LogP contribution < -0.4 is 5.32 Å². The van der Waals surface area contributed by atoms with Crippen LogP contribution in [0.15, 0.2) is 28.8 Å². The maximum absolute atomic E-state index is 11.8. The molecule has 2 N–H and O–H groups in total. The fourth-order valence-corrected chi connectivity index (χ4v) is 1.62. The lowest BCUT2D eigenvalue weighted by Crippen LogP contribution is -2.12. The molecule has 0 bridgehead atoms. The van der Waals surface area contributed by atoms with E-state index in [4.69, 9.17) is 5.11 Å². The van der Waals surface area contributed by atoms with E-state index in [0.29, 0.717) is 11.3 Å². The Morgan fingerprint density at radius 1 is 1.38 bits per heavy atom. The number of aromatic nitrogens is 1. The molecule has 0 unspecified atom stereocenters. The molecule has 1 aromatic heterocycles. The molecule has 1 aromatic carbocycles. The molecule has 0 saturated heterocycles. The summed E-state index contributed by atoms with van der Waals surface area (Å²) in [4.78, 5) is 32.6. The zero-order valence-corrected chi connectivity index (χ0v) is 10.7. The summed E-state index contributed by atoms with van der Waals surface area (Å²) in [5, 5.41) is 25.1. The van der Waals surface area contributed by atoms with Crippen LogP contribution >= 0.6 is 0 Å². The smallest absolute Gasteiger partial charge is 0.374 e. The van der Waals surface area contributed by atoms with E-state index in [1.807, 2.05) is 0 Å². The predicted molar refractivity (Wildman–Crippen MR) is 69.2 cm³/mol. The monoisotopic (exact) mass is 291 g/mol. The summed E-state index contributed by atoms with van der Waals surface area (Å²) in [6.45, 7) is 1.53. The fourth-order valence-electron chi connectivity index (χ4n) is 1.62. The second-order valence-electron chi connectivity index (χ2n) is 4.09. The lowest BCUT2D eigenvalue weighted by molar-refractivity contribution is -0.385. The highest BCUT2D eigenvalue weighted by Gasteiger charge is 2.17. The molecule has 9 nitrogen and oxygen atoms in total. The molecule has 2 aromatic rings. The van der Waals surface area contributed by atoms with Crippen molar-refractivity contribution in [2.24, 2.45) is 0 Å². The SMILES string of the molecule is Cc1cc(NC(=O)c2cc(C(=O)O)on2)ccc1[N+](=O)[O-]. The van der Waals surface area contributed by atoms with Crippen molar-refractivity contribution in [3.8, 4) is 0 Å². The largest absolute Gasteiger partial charge is 0.475 e. The minimum absolute atomic E-state index is 0.0670. The lowest BCUT2D eigenvalue weighted by atomic mass is 10.2. The Morgan fingerprint density at radius 2 is 2.10 bits per heavy atom. The van der Waals surface area contributed by atoms with Crippen molar-refractivity contribution in [2.75, 3.05) is 5.32 Å². The van der Waals surface area contributed by atoms with E-state index in [2.05, 4.69) is 15.0 Å². The Morgan fingerprint density at radius 3 is 2.62 bits per heavy atom. The van der Waals surface area contributed by atoms with Gasteiger partial charge in [-0.15, -0.1) is 0 Å². The second kappa shape index (κ2) is 5.41. The Kier molecular flexibility index (Phi) is 3.65. The first-order valence-corrected chi connectivity index (χ1v) is 5.65. The first-order valence-electron chi connectivity index (χ1n) is 5.65. The molecule has 0 radical (unpaired) electrons. The van der Waals surface area contributed by atoms with Gasteiger partial charge in [0, 0.05) is 23.4 Å². The first kappa shape index (κ1) is 14.2. The van der Waals surface area contributed by atoms with Gasteiger partial charge in [-0.1, -0.05) is 5.16 Å². The van der Waals surface area contributed by atoms with Crippen molar-refractivity contribution in [2.45, 2.75) is 6.92 Å². The van der Waals surface area contributed by atoms with Gasteiger partial charge >= 0.3 is 5.97 Å². The molecule has 0 spiro atoms. The number of nitrogens with zero attached hydrogens (tertiary/aromatic N) is 2. The molecule has 0 fully saturated rings. The van der Waals surface area contributed by atoms with E-state index in [0.717, 1.165) is 6.07 Å². The van der Waals surface area contributed by atoms with E-state index in [1.165, 1.54) is 25.1 Å². The fraction of sp³-hybridized carbons (Fsp3) is 0.0833. The molecule has 9 heteroatoms.